The molecule has 8 heteroatoms. The maximum absolute atomic E-state index is 12.7. The van der Waals surface area contributed by atoms with Crippen LogP contribution in [0.5, 0.6) is 11.5 Å². The van der Waals surface area contributed by atoms with Gasteiger partial charge in [0.05, 0.1) is 25.4 Å². The third kappa shape index (κ3) is 5.88. The Morgan fingerprint density at radius 1 is 0.848 bits per heavy atom. The van der Waals surface area contributed by atoms with Gasteiger partial charge >= 0.3 is 0 Å². The van der Waals surface area contributed by atoms with Crippen LogP contribution in [0.3, 0.4) is 0 Å². The summed E-state index contributed by atoms with van der Waals surface area (Å²) < 4.78 is 5.28. The van der Waals surface area contributed by atoms with Crippen molar-refractivity contribution in [3.05, 3.63) is 72.3 Å². The van der Waals surface area contributed by atoms with Gasteiger partial charge in [-0.05, 0) is 53.6 Å². The topological polar surface area (TPSA) is 111 Å². The molecule has 3 aromatic rings. The highest BCUT2D eigenvalue weighted by Gasteiger charge is 2.16. The number of nitrogens with zero attached hydrogens (tertiary/aromatic N) is 1. The molecule has 0 unspecified atom stereocenters. The van der Waals surface area contributed by atoms with Gasteiger partial charge in [-0.2, -0.15) is 0 Å². The fraction of sp³-hybridized carbons (Fsp3) is 0.200. The molecular formula is C25H25N3O5. The molecule has 1 heterocycles. The fourth-order valence-corrected chi connectivity index (χ4v) is 3.54. The molecule has 170 valence electrons. The molecule has 1 saturated heterocycles. The number of nitrogens with one attached hydrogen (secondary N) is 2. The first-order chi connectivity index (χ1) is 16.0. The average molecular weight is 447 g/mol. The van der Waals surface area contributed by atoms with Crippen LogP contribution in [0.25, 0.3) is 11.1 Å². The maximum Gasteiger partial charge on any atom is 0.255 e. The Bertz CT molecular complexity index is 1120. The summed E-state index contributed by atoms with van der Waals surface area (Å²) in [6.45, 7) is 2.75. The molecule has 0 radical (unpaired) electrons. The first-order valence-corrected chi connectivity index (χ1v) is 10.6. The zero-order chi connectivity index (χ0) is 23.2. The molecule has 33 heavy (non-hydrogen) atoms. The van der Waals surface area contributed by atoms with Gasteiger partial charge in [0.15, 0.2) is 0 Å². The van der Waals surface area contributed by atoms with Gasteiger partial charge < -0.3 is 25.6 Å². The lowest BCUT2D eigenvalue weighted by molar-refractivity contribution is -0.118. The number of hydrogen-bond donors (Lipinski definition) is 4. The minimum atomic E-state index is -0.316. The Morgan fingerprint density at radius 3 is 2.15 bits per heavy atom. The van der Waals surface area contributed by atoms with Gasteiger partial charge in [-0.3, -0.25) is 14.5 Å². The number of aromatic hydroxyl groups is 2. The van der Waals surface area contributed by atoms with Crippen molar-refractivity contribution in [2.45, 2.75) is 0 Å². The van der Waals surface area contributed by atoms with Crippen molar-refractivity contribution in [1.29, 1.82) is 0 Å². The van der Waals surface area contributed by atoms with E-state index in [1.807, 2.05) is 17.0 Å². The monoisotopic (exact) mass is 447 g/mol. The molecule has 3 aromatic carbocycles. The van der Waals surface area contributed by atoms with Crippen LogP contribution in [-0.4, -0.2) is 59.8 Å². The molecule has 0 spiro atoms. The zero-order valence-corrected chi connectivity index (χ0v) is 18.0. The van der Waals surface area contributed by atoms with E-state index in [-0.39, 0.29) is 35.5 Å². The molecule has 0 aromatic heterocycles. The van der Waals surface area contributed by atoms with Crippen molar-refractivity contribution in [3.63, 3.8) is 0 Å². The summed E-state index contributed by atoms with van der Waals surface area (Å²) in [5.41, 5.74) is 2.98. The predicted molar refractivity (Wildman–Crippen MR) is 125 cm³/mol. The van der Waals surface area contributed by atoms with Crippen molar-refractivity contribution >= 4 is 23.2 Å². The number of carbonyl (C=O) groups is 2. The lowest BCUT2D eigenvalue weighted by Crippen LogP contribution is -2.41. The number of anilines is 2. The molecule has 8 nitrogen and oxygen atoms in total. The molecule has 2 amide bonds. The van der Waals surface area contributed by atoms with Crippen LogP contribution in [0.1, 0.15) is 10.4 Å². The number of benzene rings is 3. The van der Waals surface area contributed by atoms with Crippen LogP contribution < -0.4 is 10.6 Å². The second kappa shape index (κ2) is 10.2. The summed E-state index contributed by atoms with van der Waals surface area (Å²) in [7, 11) is 0. The standard InChI is InChI=1S/C25H25N3O5/c29-21-8-5-18(6-9-21)17-1-3-19(4-2-17)25(32)26-20-7-10-23(30)22(15-20)27-24(31)16-28-11-13-33-14-12-28/h1-10,15,29-30H,11-14,16H2,(H,26,32)(H,27,31). The molecule has 1 aliphatic rings. The van der Waals surface area contributed by atoms with E-state index in [4.69, 9.17) is 4.74 Å². The Kier molecular flexibility index (Phi) is 6.87. The van der Waals surface area contributed by atoms with Crippen LogP contribution in [-0.2, 0) is 9.53 Å². The van der Waals surface area contributed by atoms with Crippen LogP contribution in [0.2, 0.25) is 0 Å². The van der Waals surface area contributed by atoms with E-state index in [0.29, 0.717) is 37.6 Å². The molecular weight excluding hydrogens is 422 g/mol. The summed E-state index contributed by atoms with van der Waals surface area (Å²) in [6.07, 6.45) is 0. The quantitative estimate of drug-likeness (QED) is 0.341. The van der Waals surface area contributed by atoms with Gasteiger partial charge in [-0.25, -0.2) is 0 Å². The second-order valence-corrected chi connectivity index (χ2v) is 7.75. The minimum Gasteiger partial charge on any atom is -0.508 e. The van der Waals surface area contributed by atoms with Gasteiger partial charge in [0.1, 0.15) is 11.5 Å². The highest BCUT2D eigenvalue weighted by molar-refractivity contribution is 6.05. The van der Waals surface area contributed by atoms with E-state index in [1.54, 1.807) is 42.5 Å². The number of rotatable bonds is 6. The van der Waals surface area contributed by atoms with Crippen molar-refractivity contribution in [1.82, 2.24) is 4.90 Å². The zero-order valence-electron chi connectivity index (χ0n) is 18.0. The maximum atomic E-state index is 12.7. The van der Waals surface area contributed by atoms with Crippen LogP contribution >= 0.6 is 0 Å². The number of amides is 2. The number of hydrogen-bond acceptors (Lipinski definition) is 6. The number of phenols is 2. The van der Waals surface area contributed by atoms with Gasteiger partial charge in [-0.15, -0.1) is 0 Å². The van der Waals surface area contributed by atoms with E-state index in [0.717, 1.165) is 11.1 Å². The Labute approximate surface area is 191 Å². The van der Waals surface area contributed by atoms with E-state index < -0.39 is 0 Å². The van der Waals surface area contributed by atoms with Gasteiger partial charge in [0.25, 0.3) is 5.91 Å². The number of morpholine rings is 1. The van der Waals surface area contributed by atoms with E-state index in [2.05, 4.69) is 10.6 Å². The summed E-state index contributed by atoms with van der Waals surface area (Å²) in [5, 5.41) is 25.0. The van der Waals surface area contributed by atoms with Crippen LogP contribution in [0.4, 0.5) is 11.4 Å². The summed E-state index contributed by atoms with van der Waals surface area (Å²) >= 11 is 0. The lowest BCUT2D eigenvalue weighted by atomic mass is 10.0. The first-order valence-electron chi connectivity index (χ1n) is 10.6. The van der Waals surface area contributed by atoms with Crippen LogP contribution in [0.15, 0.2) is 66.7 Å². The summed E-state index contributed by atoms with van der Waals surface area (Å²) in [4.78, 5) is 27.0. The highest BCUT2D eigenvalue weighted by atomic mass is 16.5. The molecule has 0 bridgehead atoms. The summed E-state index contributed by atoms with van der Waals surface area (Å²) in [5.74, 6) is -0.453. The largest absolute Gasteiger partial charge is 0.508 e. The molecule has 0 atom stereocenters. The van der Waals surface area contributed by atoms with Gasteiger partial charge in [0.2, 0.25) is 5.91 Å². The van der Waals surface area contributed by atoms with Crippen molar-refractivity contribution in [3.8, 4) is 22.6 Å². The Balaban J connectivity index is 1.39. The van der Waals surface area contributed by atoms with Gasteiger partial charge in [0, 0.05) is 24.3 Å². The molecule has 0 saturated carbocycles. The van der Waals surface area contributed by atoms with E-state index in [1.165, 1.54) is 12.1 Å². The number of carbonyl (C=O) groups excluding carboxylic acids is 2. The van der Waals surface area contributed by atoms with Crippen LogP contribution in [0, 0.1) is 0 Å². The van der Waals surface area contributed by atoms with E-state index >= 15 is 0 Å². The molecule has 1 fully saturated rings. The predicted octanol–water partition coefficient (Wildman–Crippen LogP) is 3.29. The number of ether oxygens (including phenoxy) is 1. The van der Waals surface area contributed by atoms with Crippen molar-refractivity contribution in [2.75, 3.05) is 43.5 Å². The second-order valence-electron chi connectivity index (χ2n) is 7.75. The molecule has 4 N–H and O–H groups in total. The lowest BCUT2D eigenvalue weighted by Gasteiger charge is -2.25. The van der Waals surface area contributed by atoms with E-state index in [9.17, 15) is 19.8 Å². The molecule has 0 aliphatic carbocycles. The Hall–Kier alpha value is -3.88. The van der Waals surface area contributed by atoms with Crippen molar-refractivity contribution in [2.24, 2.45) is 0 Å². The number of phenolic OH excluding ortho intramolecular Hbond substituents is 2. The van der Waals surface area contributed by atoms with Gasteiger partial charge in [-0.1, -0.05) is 24.3 Å². The normalized spacial score (nSPS) is 13.9. The first kappa shape index (κ1) is 22.3. The fourth-order valence-electron chi connectivity index (χ4n) is 3.54. The highest BCUT2D eigenvalue weighted by Crippen LogP contribution is 2.27. The minimum absolute atomic E-state index is 0.0819. The molecule has 1 aliphatic heterocycles. The Morgan fingerprint density at radius 2 is 1.48 bits per heavy atom. The van der Waals surface area contributed by atoms with Crippen molar-refractivity contribution < 1.29 is 24.5 Å². The smallest absolute Gasteiger partial charge is 0.255 e. The third-order valence-electron chi connectivity index (χ3n) is 5.35. The average Bonchev–Trinajstić information content (AvgIpc) is 2.82. The SMILES string of the molecule is O=C(CN1CCOCC1)Nc1cc(NC(=O)c2ccc(-c3ccc(O)cc3)cc2)ccc1O. The third-order valence-corrected chi connectivity index (χ3v) is 5.35. The summed E-state index contributed by atoms with van der Waals surface area (Å²) in [6, 6.07) is 18.4. The molecule has 4 rings (SSSR count).